The number of para-hydroxylation sites is 2. The fourth-order valence-corrected chi connectivity index (χ4v) is 8.05. The van der Waals surface area contributed by atoms with Crippen molar-refractivity contribution in [2.45, 2.75) is 95.5 Å². The highest BCUT2D eigenvalue weighted by Gasteiger charge is 2.34. The number of unbranched alkanes of at least 4 members (excludes halogenated alkanes) is 3. The zero-order chi connectivity index (χ0) is 38.9. The second-order valence-electron chi connectivity index (χ2n) is 15.1. The Hall–Kier alpha value is -5.07. The molecule has 2 saturated heterocycles. The molecule has 3 heterocycles. The summed E-state index contributed by atoms with van der Waals surface area (Å²) in [6.45, 7) is 2.88. The summed E-state index contributed by atoms with van der Waals surface area (Å²) in [5, 5.41) is 21.5. The molecule has 11 nitrogen and oxygen atoms in total. The average Bonchev–Trinajstić information content (AvgIpc) is 3.57. The average molecular weight is 761 g/mol. The van der Waals surface area contributed by atoms with Crippen LogP contribution in [0.1, 0.15) is 98.5 Å². The van der Waals surface area contributed by atoms with E-state index in [1.807, 2.05) is 77.4 Å². The molecule has 3 unspecified atom stereocenters. The van der Waals surface area contributed by atoms with Gasteiger partial charge < -0.3 is 34.9 Å². The molecule has 1 aromatic heterocycles. The Morgan fingerprint density at radius 2 is 1.52 bits per heavy atom. The molecule has 3 atom stereocenters. The summed E-state index contributed by atoms with van der Waals surface area (Å²) < 4.78 is 15.4. The van der Waals surface area contributed by atoms with Gasteiger partial charge in [-0.25, -0.2) is 4.79 Å². The van der Waals surface area contributed by atoms with Gasteiger partial charge in [0.05, 0.1) is 29.8 Å². The molecule has 0 radical (unpaired) electrons. The van der Waals surface area contributed by atoms with Crippen molar-refractivity contribution in [1.82, 2.24) is 19.8 Å². The number of piperidine rings is 1. The number of hydrogen-bond donors (Lipinski definition) is 4. The third-order valence-electron chi connectivity index (χ3n) is 11.1. The van der Waals surface area contributed by atoms with Crippen LogP contribution in [0.15, 0.2) is 102 Å². The molecule has 7 rings (SSSR count). The molecule has 0 spiro atoms. The van der Waals surface area contributed by atoms with Gasteiger partial charge >= 0.3 is 11.7 Å². The zero-order valence-electron chi connectivity index (χ0n) is 31.8. The summed E-state index contributed by atoms with van der Waals surface area (Å²) in [4.78, 5) is 41.5. The number of hydrogen-bond acceptors (Lipinski definition) is 7. The van der Waals surface area contributed by atoms with Crippen LogP contribution < -0.4 is 11.0 Å². The number of amides is 1. The number of aliphatic carboxylic acids is 1. The molecule has 294 valence electrons. The van der Waals surface area contributed by atoms with Crippen LogP contribution in [-0.2, 0) is 32.2 Å². The summed E-state index contributed by atoms with van der Waals surface area (Å²) in [6.07, 6.45) is 5.19. The quantitative estimate of drug-likeness (QED) is 0.0761. The van der Waals surface area contributed by atoms with Gasteiger partial charge in [-0.15, -0.1) is 0 Å². The smallest absolute Gasteiger partial charge is 0.326 e. The number of aliphatic hydroxyl groups excluding tert-OH is 1. The molecule has 0 aliphatic carbocycles. The molecule has 5 aromatic rings. The zero-order valence-corrected chi connectivity index (χ0v) is 31.8. The molecule has 4 aromatic carbocycles. The minimum absolute atomic E-state index is 0.00789. The van der Waals surface area contributed by atoms with Gasteiger partial charge in [-0.2, -0.15) is 0 Å². The Labute approximate surface area is 327 Å². The number of imidazole rings is 1. The molecule has 1 amide bonds. The Bertz CT molecular complexity index is 2140. The van der Waals surface area contributed by atoms with Crippen molar-refractivity contribution in [3.05, 3.63) is 130 Å². The Morgan fingerprint density at radius 3 is 2.29 bits per heavy atom. The molecule has 0 saturated carbocycles. The Balaban J connectivity index is 1.00. The van der Waals surface area contributed by atoms with Crippen molar-refractivity contribution in [2.24, 2.45) is 0 Å². The number of ether oxygens (including phenoxy) is 2. The summed E-state index contributed by atoms with van der Waals surface area (Å²) in [6, 6.07) is 32.4. The third-order valence-corrected chi connectivity index (χ3v) is 11.1. The number of aromatic nitrogens is 2. The number of nitrogens with one attached hydrogen (secondary N) is 2. The van der Waals surface area contributed by atoms with E-state index in [0.29, 0.717) is 25.8 Å². The molecular formula is C45H52N4O7. The number of carbonyl (C=O) groups excluding carboxylic acids is 1. The van der Waals surface area contributed by atoms with E-state index in [1.54, 1.807) is 0 Å². The number of nitrogens with zero attached hydrogens (tertiary/aromatic N) is 2. The monoisotopic (exact) mass is 760 g/mol. The highest BCUT2D eigenvalue weighted by atomic mass is 16.7. The normalized spacial score (nSPS) is 19.3. The largest absolute Gasteiger partial charge is 0.481 e. The van der Waals surface area contributed by atoms with E-state index in [2.05, 4.69) is 39.5 Å². The molecule has 0 bridgehead atoms. The number of H-pyrrole nitrogens is 1. The summed E-state index contributed by atoms with van der Waals surface area (Å²) in [5.74, 6) is -0.787. The van der Waals surface area contributed by atoms with E-state index in [1.165, 1.54) is 0 Å². The van der Waals surface area contributed by atoms with Crippen LogP contribution in [0.5, 0.6) is 0 Å². The number of benzene rings is 4. The minimum Gasteiger partial charge on any atom is -0.481 e. The van der Waals surface area contributed by atoms with Crippen LogP contribution in [0.25, 0.3) is 22.2 Å². The fraction of sp³-hybridized carbons (Fsp3) is 0.400. The van der Waals surface area contributed by atoms with Gasteiger partial charge in [0.25, 0.3) is 0 Å². The van der Waals surface area contributed by atoms with E-state index in [4.69, 9.17) is 14.6 Å². The maximum Gasteiger partial charge on any atom is 0.326 e. The SMILES string of the molecule is O=C(O)CCCCCCC(=O)NCc1cccc(-c2cccc(C3OC(CN4CCC(n5c(=O)[nH]c6ccccc65)CC4)CC(c4ccc(CO)cc4)O3)c2)c1. The standard InChI is InChI=1S/C45H52N4O7/c50-30-31-17-19-33(20-18-31)41-27-38(29-48-23-21-37(22-24-48)49-40-14-6-5-13-39(40)47-45(49)54)55-44(56-41)36-12-8-11-35(26-36)34-10-7-9-32(25-34)28-46-42(51)15-3-1-2-4-16-43(52)53/h5-14,17-20,25-26,37-38,41,44,50H,1-4,15-16,21-24,27-30H2,(H,46,51)(H,47,54)(H,52,53). The predicted molar refractivity (Wildman–Crippen MR) is 215 cm³/mol. The third kappa shape index (κ3) is 10.0. The number of fused-ring (bicyclic) bond motifs is 1. The van der Waals surface area contributed by atoms with Crippen molar-refractivity contribution < 1.29 is 29.3 Å². The van der Waals surface area contributed by atoms with E-state index in [0.717, 1.165) is 96.2 Å². The molecule has 2 aliphatic heterocycles. The van der Waals surface area contributed by atoms with Gasteiger partial charge in [-0.1, -0.05) is 85.6 Å². The lowest BCUT2D eigenvalue weighted by Gasteiger charge is -2.40. The second kappa shape index (κ2) is 18.7. The van der Waals surface area contributed by atoms with Crippen LogP contribution in [0.2, 0.25) is 0 Å². The van der Waals surface area contributed by atoms with Crippen LogP contribution >= 0.6 is 0 Å². The first kappa shape index (κ1) is 39.2. The van der Waals surface area contributed by atoms with Gasteiger partial charge in [-0.3, -0.25) is 14.2 Å². The number of aromatic amines is 1. The topological polar surface area (TPSA) is 146 Å². The Kier molecular flexibility index (Phi) is 13.1. The van der Waals surface area contributed by atoms with Crippen LogP contribution in [0.4, 0.5) is 0 Å². The first-order valence-corrected chi connectivity index (χ1v) is 19.9. The predicted octanol–water partition coefficient (Wildman–Crippen LogP) is 7.41. The lowest BCUT2D eigenvalue weighted by molar-refractivity contribution is -0.253. The molecule has 4 N–H and O–H groups in total. The van der Waals surface area contributed by atoms with E-state index < -0.39 is 12.3 Å². The second-order valence-corrected chi connectivity index (χ2v) is 15.1. The maximum absolute atomic E-state index is 12.9. The summed E-state index contributed by atoms with van der Waals surface area (Å²) >= 11 is 0. The van der Waals surface area contributed by atoms with Crippen molar-refractivity contribution >= 4 is 22.9 Å². The van der Waals surface area contributed by atoms with Gasteiger partial charge in [0.2, 0.25) is 5.91 Å². The van der Waals surface area contributed by atoms with Gasteiger partial charge in [-0.05, 0) is 77.8 Å². The first-order chi connectivity index (χ1) is 27.3. The number of carbonyl (C=O) groups is 2. The molecular weight excluding hydrogens is 709 g/mol. The lowest BCUT2D eigenvalue weighted by Crippen LogP contribution is -2.43. The molecule has 56 heavy (non-hydrogen) atoms. The van der Waals surface area contributed by atoms with E-state index >= 15 is 0 Å². The van der Waals surface area contributed by atoms with Crippen molar-refractivity contribution in [3.8, 4) is 11.1 Å². The number of rotatable bonds is 16. The van der Waals surface area contributed by atoms with Crippen LogP contribution in [0, 0.1) is 0 Å². The molecule has 11 heteroatoms. The number of carboxylic acids is 1. The maximum atomic E-state index is 12.9. The molecule has 2 aliphatic rings. The van der Waals surface area contributed by atoms with Crippen molar-refractivity contribution in [2.75, 3.05) is 19.6 Å². The highest BCUT2D eigenvalue weighted by molar-refractivity contribution is 5.76. The highest BCUT2D eigenvalue weighted by Crippen LogP contribution is 2.39. The number of likely N-dealkylation sites (tertiary alicyclic amines) is 1. The van der Waals surface area contributed by atoms with Crippen molar-refractivity contribution in [3.63, 3.8) is 0 Å². The number of carboxylic acid groups (broad SMARTS) is 1. The lowest BCUT2D eigenvalue weighted by atomic mass is 9.97. The fourth-order valence-electron chi connectivity index (χ4n) is 8.05. The van der Waals surface area contributed by atoms with Gasteiger partial charge in [0.15, 0.2) is 6.29 Å². The summed E-state index contributed by atoms with van der Waals surface area (Å²) in [7, 11) is 0. The van der Waals surface area contributed by atoms with Crippen LogP contribution in [-0.4, -0.2) is 62.3 Å². The summed E-state index contributed by atoms with van der Waals surface area (Å²) in [5.41, 5.74) is 7.63. The molecule has 2 fully saturated rings. The van der Waals surface area contributed by atoms with E-state index in [9.17, 15) is 19.5 Å². The van der Waals surface area contributed by atoms with Gasteiger partial charge in [0, 0.05) is 57.0 Å². The van der Waals surface area contributed by atoms with Crippen LogP contribution in [0.3, 0.4) is 0 Å². The number of aliphatic hydroxyl groups is 1. The Morgan fingerprint density at radius 1 is 0.786 bits per heavy atom. The van der Waals surface area contributed by atoms with Crippen molar-refractivity contribution in [1.29, 1.82) is 0 Å². The van der Waals surface area contributed by atoms with Gasteiger partial charge in [0.1, 0.15) is 0 Å². The van der Waals surface area contributed by atoms with E-state index in [-0.39, 0.29) is 42.9 Å². The first-order valence-electron chi connectivity index (χ1n) is 19.9. The minimum atomic E-state index is -0.779.